The van der Waals surface area contributed by atoms with Gasteiger partial charge in [-0.15, -0.1) is 0 Å². The Morgan fingerprint density at radius 3 is 2.48 bits per heavy atom. The number of carbonyl (C=O) groups excluding carboxylic acids is 2. The number of benzene rings is 2. The first-order valence-electron chi connectivity index (χ1n) is 9.21. The zero-order valence-electron chi connectivity index (χ0n) is 14.9. The summed E-state index contributed by atoms with van der Waals surface area (Å²) < 4.78 is 5.40. The molecule has 1 aliphatic carbocycles. The highest BCUT2D eigenvalue weighted by Crippen LogP contribution is 2.25. The lowest BCUT2D eigenvalue weighted by Crippen LogP contribution is -2.17. The second-order valence-corrected chi connectivity index (χ2v) is 6.69. The van der Waals surface area contributed by atoms with Gasteiger partial charge in [0.25, 0.3) is 5.91 Å². The van der Waals surface area contributed by atoms with E-state index in [1.54, 1.807) is 36.4 Å². The van der Waals surface area contributed by atoms with Crippen molar-refractivity contribution >= 4 is 17.4 Å². The molecule has 1 N–H and O–H groups in total. The highest BCUT2D eigenvalue weighted by atomic mass is 16.5. The Kier molecular flexibility index (Phi) is 4.83. The highest BCUT2D eigenvalue weighted by Gasteiger charge is 2.24. The van der Waals surface area contributed by atoms with Gasteiger partial charge in [0.1, 0.15) is 5.76 Å². The molecule has 4 rings (SSSR count). The van der Waals surface area contributed by atoms with Crippen molar-refractivity contribution in [2.45, 2.75) is 32.1 Å². The number of hydrogen-bond donors (Lipinski definition) is 1. The van der Waals surface area contributed by atoms with Gasteiger partial charge in [-0.2, -0.15) is 0 Å². The van der Waals surface area contributed by atoms with E-state index >= 15 is 0 Å². The first-order valence-corrected chi connectivity index (χ1v) is 9.21. The number of aromatic nitrogens is 1. The van der Waals surface area contributed by atoms with Crippen LogP contribution in [0.3, 0.4) is 0 Å². The van der Waals surface area contributed by atoms with Crippen molar-refractivity contribution in [1.29, 1.82) is 0 Å². The SMILES string of the molecule is O=C(c1ccccc1)c1ccccc1NC(=O)c1noc2c1CCCCC2. The zero-order chi connectivity index (χ0) is 18.6. The fraction of sp³-hybridized carbons (Fsp3) is 0.227. The van der Waals surface area contributed by atoms with Crippen LogP contribution in [0.25, 0.3) is 0 Å². The fourth-order valence-corrected chi connectivity index (χ4v) is 3.46. The minimum atomic E-state index is -0.338. The minimum Gasteiger partial charge on any atom is -0.360 e. The number of ketones is 1. The number of hydrogen-bond acceptors (Lipinski definition) is 4. The molecule has 0 radical (unpaired) electrons. The van der Waals surface area contributed by atoms with Crippen LogP contribution in [-0.4, -0.2) is 16.8 Å². The molecular weight excluding hydrogens is 340 g/mol. The lowest BCUT2D eigenvalue weighted by Gasteiger charge is -2.10. The van der Waals surface area contributed by atoms with Crippen LogP contribution in [0.5, 0.6) is 0 Å². The molecule has 0 bridgehead atoms. The Labute approximate surface area is 157 Å². The van der Waals surface area contributed by atoms with Gasteiger partial charge >= 0.3 is 0 Å². The molecule has 5 heteroatoms. The van der Waals surface area contributed by atoms with Crippen LogP contribution in [0.4, 0.5) is 5.69 Å². The average Bonchev–Trinajstić information content (AvgIpc) is 2.97. The molecule has 0 aliphatic heterocycles. The van der Waals surface area contributed by atoms with Crippen LogP contribution in [0, 0.1) is 0 Å². The quantitative estimate of drug-likeness (QED) is 0.552. The minimum absolute atomic E-state index is 0.134. The van der Waals surface area contributed by atoms with Crippen LogP contribution >= 0.6 is 0 Å². The number of carbonyl (C=O) groups is 2. The maximum Gasteiger partial charge on any atom is 0.278 e. The van der Waals surface area contributed by atoms with Gasteiger partial charge in [-0.1, -0.05) is 54.0 Å². The summed E-state index contributed by atoms with van der Waals surface area (Å²) in [7, 11) is 0. The van der Waals surface area contributed by atoms with Gasteiger partial charge in [-0.25, -0.2) is 0 Å². The van der Waals surface area contributed by atoms with E-state index in [2.05, 4.69) is 10.5 Å². The van der Waals surface area contributed by atoms with Crippen molar-refractivity contribution in [3.8, 4) is 0 Å². The third-order valence-electron chi connectivity index (χ3n) is 4.87. The number of para-hydroxylation sites is 1. The normalized spacial score (nSPS) is 13.5. The Morgan fingerprint density at radius 2 is 1.63 bits per heavy atom. The summed E-state index contributed by atoms with van der Waals surface area (Å²) in [6.45, 7) is 0. The maximum atomic E-state index is 12.8. The van der Waals surface area contributed by atoms with Gasteiger partial charge in [0.15, 0.2) is 11.5 Å². The Morgan fingerprint density at radius 1 is 0.889 bits per heavy atom. The first-order chi connectivity index (χ1) is 13.2. The summed E-state index contributed by atoms with van der Waals surface area (Å²) in [6.07, 6.45) is 4.82. The lowest BCUT2D eigenvalue weighted by atomic mass is 10.0. The number of anilines is 1. The van der Waals surface area contributed by atoms with E-state index in [9.17, 15) is 9.59 Å². The third-order valence-corrected chi connectivity index (χ3v) is 4.87. The Hall–Kier alpha value is -3.21. The van der Waals surface area contributed by atoms with Crippen LogP contribution in [0.2, 0.25) is 0 Å². The number of rotatable bonds is 4. The molecule has 1 amide bonds. The molecule has 136 valence electrons. The number of fused-ring (bicyclic) bond motifs is 1. The van der Waals surface area contributed by atoms with E-state index in [-0.39, 0.29) is 11.7 Å². The predicted octanol–water partition coefficient (Wildman–Crippen LogP) is 4.43. The molecule has 0 spiro atoms. The van der Waals surface area contributed by atoms with E-state index in [1.807, 2.05) is 18.2 Å². The van der Waals surface area contributed by atoms with E-state index in [0.717, 1.165) is 43.4 Å². The number of amides is 1. The van der Waals surface area contributed by atoms with E-state index in [4.69, 9.17) is 4.52 Å². The van der Waals surface area contributed by atoms with E-state index < -0.39 is 0 Å². The molecular formula is C22H20N2O3. The van der Waals surface area contributed by atoms with Crippen LogP contribution in [0.15, 0.2) is 59.1 Å². The first kappa shape index (κ1) is 17.2. The predicted molar refractivity (Wildman–Crippen MR) is 102 cm³/mol. The molecule has 27 heavy (non-hydrogen) atoms. The fourth-order valence-electron chi connectivity index (χ4n) is 3.46. The molecule has 5 nitrogen and oxygen atoms in total. The van der Waals surface area contributed by atoms with Crippen molar-refractivity contribution in [2.75, 3.05) is 5.32 Å². The maximum absolute atomic E-state index is 12.8. The lowest BCUT2D eigenvalue weighted by molar-refractivity contribution is 0.101. The third kappa shape index (κ3) is 3.53. The van der Waals surface area contributed by atoms with Crippen molar-refractivity contribution < 1.29 is 14.1 Å². The summed E-state index contributed by atoms with van der Waals surface area (Å²) in [5, 5.41) is 6.85. The van der Waals surface area contributed by atoms with E-state index in [0.29, 0.717) is 22.5 Å². The monoisotopic (exact) mass is 360 g/mol. The number of nitrogens with one attached hydrogen (secondary N) is 1. The summed E-state index contributed by atoms with van der Waals surface area (Å²) >= 11 is 0. The topological polar surface area (TPSA) is 72.2 Å². The zero-order valence-corrected chi connectivity index (χ0v) is 14.9. The van der Waals surface area contributed by atoms with Crippen LogP contribution in [0.1, 0.15) is 57.0 Å². The second-order valence-electron chi connectivity index (χ2n) is 6.69. The molecule has 2 aromatic carbocycles. The van der Waals surface area contributed by atoms with Crippen LogP contribution < -0.4 is 5.32 Å². The molecule has 1 aromatic heterocycles. The second kappa shape index (κ2) is 7.58. The van der Waals surface area contributed by atoms with Gasteiger partial charge < -0.3 is 9.84 Å². The number of aryl methyl sites for hydroxylation is 1. The van der Waals surface area contributed by atoms with Gasteiger partial charge in [0.2, 0.25) is 0 Å². The molecule has 0 unspecified atom stereocenters. The highest BCUT2D eigenvalue weighted by molar-refractivity contribution is 6.15. The molecule has 3 aromatic rings. The average molecular weight is 360 g/mol. The largest absolute Gasteiger partial charge is 0.360 e. The molecule has 0 fully saturated rings. The van der Waals surface area contributed by atoms with Gasteiger partial charge in [0.05, 0.1) is 5.69 Å². The molecule has 1 heterocycles. The van der Waals surface area contributed by atoms with E-state index in [1.165, 1.54) is 0 Å². The smallest absolute Gasteiger partial charge is 0.278 e. The molecule has 1 aliphatic rings. The van der Waals surface area contributed by atoms with Gasteiger partial charge in [-0.3, -0.25) is 9.59 Å². The van der Waals surface area contributed by atoms with Crippen LogP contribution in [-0.2, 0) is 12.8 Å². The van der Waals surface area contributed by atoms with Crippen molar-refractivity contribution in [2.24, 2.45) is 0 Å². The summed E-state index contributed by atoms with van der Waals surface area (Å²) in [4.78, 5) is 25.7. The van der Waals surface area contributed by atoms with Crippen molar-refractivity contribution in [1.82, 2.24) is 5.16 Å². The van der Waals surface area contributed by atoms with Crippen molar-refractivity contribution in [3.05, 3.63) is 82.7 Å². The van der Waals surface area contributed by atoms with Crippen molar-refractivity contribution in [3.63, 3.8) is 0 Å². The Balaban J connectivity index is 1.61. The number of nitrogens with zero attached hydrogens (tertiary/aromatic N) is 1. The standard InChI is InChI=1S/C22H20N2O3/c25-21(15-9-3-1-4-10-15)16-11-7-8-13-18(16)23-22(26)20-17-12-5-2-6-14-19(17)27-24-20/h1,3-4,7-11,13H,2,5-6,12,14H2,(H,23,26). The summed E-state index contributed by atoms with van der Waals surface area (Å²) in [5.41, 5.74) is 2.73. The molecule has 0 atom stereocenters. The summed E-state index contributed by atoms with van der Waals surface area (Å²) in [6, 6.07) is 16.0. The summed E-state index contributed by atoms with van der Waals surface area (Å²) in [5.74, 6) is 0.340. The molecule has 0 saturated carbocycles. The van der Waals surface area contributed by atoms with Gasteiger partial charge in [0, 0.05) is 23.1 Å². The molecule has 0 saturated heterocycles. The van der Waals surface area contributed by atoms with Gasteiger partial charge in [-0.05, 0) is 31.4 Å². The Bertz CT molecular complexity index is 976.